The number of benzene rings is 2. The molecule has 6 nitrogen and oxygen atoms in total. The number of nitro groups is 1. The third-order valence-electron chi connectivity index (χ3n) is 4.07. The van der Waals surface area contributed by atoms with E-state index >= 15 is 0 Å². The zero-order valence-corrected chi connectivity index (χ0v) is 14.5. The van der Waals surface area contributed by atoms with Gasteiger partial charge in [-0.2, -0.15) is 0 Å². The molecule has 0 fully saturated rings. The Bertz CT molecular complexity index is 840. The first-order chi connectivity index (χ1) is 11.7. The molecule has 0 unspecified atom stereocenters. The minimum absolute atomic E-state index is 0.119. The largest absolute Gasteiger partial charge is 0.451 e. The molecule has 0 N–H and O–H groups in total. The maximum absolute atomic E-state index is 12.6. The number of hydrogen-bond acceptors (Lipinski definition) is 5. The van der Waals surface area contributed by atoms with Crippen LogP contribution in [0.15, 0.2) is 36.4 Å². The number of nitro benzene ring substituents is 1. The number of ether oxygens (including phenoxy) is 1. The molecule has 6 heteroatoms. The average Bonchev–Trinajstić information content (AvgIpc) is 2.57. The van der Waals surface area contributed by atoms with E-state index in [4.69, 9.17) is 4.74 Å². The average molecular weight is 341 g/mol. The summed E-state index contributed by atoms with van der Waals surface area (Å²) in [5, 5.41) is 10.6. The van der Waals surface area contributed by atoms with E-state index in [0.717, 1.165) is 16.7 Å². The lowest BCUT2D eigenvalue weighted by atomic mass is 9.96. The van der Waals surface area contributed by atoms with Gasteiger partial charge in [0.1, 0.15) is 0 Å². The third-order valence-corrected chi connectivity index (χ3v) is 4.07. The highest BCUT2D eigenvalue weighted by Crippen LogP contribution is 2.19. The molecule has 2 aromatic rings. The van der Waals surface area contributed by atoms with Crippen LogP contribution in [-0.2, 0) is 4.74 Å². The first kappa shape index (κ1) is 18.3. The molecule has 130 valence electrons. The van der Waals surface area contributed by atoms with Crippen molar-refractivity contribution in [2.75, 3.05) is 0 Å². The second-order valence-electron chi connectivity index (χ2n) is 5.97. The molecule has 0 heterocycles. The summed E-state index contributed by atoms with van der Waals surface area (Å²) in [5.41, 5.74) is 3.46. The van der Waals surface area contributed by atoms with Crippen molar-refractivity contribution in [2.45, 2.75) is 33.8 Å². The Balaban J connectivity index is 2.14. The Morgan fingerprint density at radius 1 is 1.00 bits per heavy atom. The number of carbonyl (C=O) groups is 2. The molecule has 0 radical (unpaired) electrons. The van der Waals surface area contributed by atoms with Gasteiger partial charge >= 0.3 is 5.97 Å². The van der Waals surface area contributed by atoms with Crippen molar-refractivity contribution in [2.24, 2.45) is 0 Å². The predicted molar refractivity (Wildman–Crippen MR) is 93.0 cm³/mol. The number of carbonyl (C=O) groups excluding carboxylic acids is 2. The lowest BCUT2D eigenvalue weighted by Gasteiger charge is -2.15. The second kappa shape index (κ2) is 7.25. The first-order valence-corrected chi connectivity index (χ1v) is 7.78. The molecule has 0 bridgehead atoms. The van der Waals surface area contributed by atoms with E-state index in [-0.39, 0.29) is 17.0 Å². The summed E-state index contributed by atoms with van der Waals surface area (Å²) in [6, 6.07) is 8.77. The number of ketones is 1. The van der Waals surface area contributed by atoms with Crippen molar-refractivity contribution in [1.82, 2.24) is 0 Å². The van der Waals surface area contributed by atoms with Gasteiger partial charge in [-0.15, -0.1) is 0 Å². The van der Waals surface area contributed by atoms with E-state index in [1.807, 2.05) is 26.8 Å². The minimum Gasteiger partial charge on any atom is -0.451 e. The van der Waals surface area contributed by atoms with Crippen molar-refractivity contribution >= 4 is 17.4 Å². The van der Waals surface area contributed by atoms with Gasteiger partial charge in [-0.1, -0.05) is 6.07 Å². The lowest BCUT2D eigenvalue weighted by molar-refractivity contribution is -0.384. The van der Waals surface area contributed by atoms with Gasteiger partial charge in [0.2, 0.25) is 5.78 Å². The molecular formula is C19H19NO5. The summed E-state index contributed by atoms with van der Waals surface area (Å²) in [4.78, 5) is 34.8. The van der Waals surface area contributed by atoms with Gasteiger partial charge in [-0.3, -0.25) is 14.9 Å². The van der Waals surface area contributed by atoms with Crippen molar-refractivity contribution < 1.29 is 19.2 Å². The number of esters is 1. The fraction of sp³-hybridized carbons (Fsp3) is 0.263. The molecule has 2 aromatic carbocycles. The Morgan fingerprint density at radius 2 is 1.56 bits per heavy atom. The van der Waals surface area contributed by atoms with Crippen LogP contribution in [0.4, 0.5) is 5.69 Å². The van der Waals surface area contributed by atoms with Crippen LogP contribution in [0.5, 0.6) is 0 Å². The highest BCUT2D eigenvalue weighted by molar-refractivity contribution is 6.02. The van der Waals surface area contributed by atoms with Crippen molar-refractivity contribution in [1.29, 1.82) is 0 Å². The Kier molecular flexibility index (Phi) is 5.32. The third kappa shape index (κ3) is 4.09. The van der Waals surface area contributed by atoms with Crippen molar-refractivity contribution in [3.05, 3.63) is 74.3 Å². The predicted octanol–water partition coefficient (Wildman–Crippen LogP) is 3.95. The van der Waals surface area contributed by atoms with Crippen LogP contribution in [0.2, 0.25) is 0 Å². The number of nitrogens with zero attached hydrogens (tertiary/aromatic N) is 1. The van der Waals surface area contributed by atoms with Crippen LogP contribution < -0.4 is 0 Å². The second-order valence-corrected chi connectivity index (χ2v) is 5.97. The molecule has 25 heavy (non-hydrogen) atoms. The van der Waals surface area contributed by atoms with E-state index in [9.17, 15) is 19.7 Å². The summed E-state index contributed by atoms with van der Waals surface area (Å²) in [7, 11) is 0. The molecule has 0 aliphatic carbocycles. The van der Waals surface area contributed by atoms with E-state index < -0.39 is 17.0 Å². The molecule has 0 amide bonds. The van der Waals surface area contributed by atoms with E-state index in [1.54, 1.807) is 6.07 Å². The molecule has 0 spiro atoms. The Morgan fingerprint density at radius 3 is 2.12 bits per heavy atom. The van der Waals surface area contributed by atoms with Crippen LogP contribution >= 0.6 is 0 Å². The SMILES string of the molecule is Cc1cc(C)c(C(=O)[C@@H](C)OC(=O)c2ccc([N+](=O)[O-])cc2)cc1C. The van der Waals surface area contributed by atoms with Gasteiger partial charge in [0, 0.05) is 17.7 Å². The van der Waals surface area contributed by atoms with Crippen molar-refractivity contribution in [3.8, 4) is 0 Å². The zero-order valence-electron chi connectivity index (χ0n) is 14.5. The number of rotatable bonds is 5. The summed E-state index contributed by atoms with van der Waals surface area (Å²) >= 11 is 0. The molecule has 2 rings (SSSR count). The van der Waals surface area contributed by atoms with E-state index in [2.05, 4.69) is 0 Å². The summed E-state index contributed by atoms with van der Waals surface area (Å²) in [5.74, 6) is -0.979. The van der Waals surface area contributed by atoms with Gasteiger partial charge in [0.05, 0.1) is 10.5 Å². The van der Waals surface area contributed by atoms with Crippen LogP contribution in [0.1, 0.15) is 44.3 Å². The maximum atomic E-state index is 12.6. The van der Waals surface area contributed by atoms with Gasteiger partial charge in [0.25, 0.3) is 5.69 Å². The quantitative estimate of drug-likeness (QED) is 0.356. The van der Waals surface area contributed by atoms with Crippen LogP contribution in [0, 0.1) is 30.9 Å². The van der Waals surface area contributed by atoms with Crippen molar-refractivity contribution in [3.63, 3.8) is 0 Å². The van der Waals surface area contributed by atoms with Crippen LogP contribution in [0.3, 0.4) is 0 Å². The topological polar surface area (TPSA) is 86.5 Å². The smallest absolute Gasteiger partial charge is 0.338 e. The summed E-state index contributed by atoms with van der Waals surface area (Å²) < 4.78 is 5.22. The Labute approximate surface area is 145 Å². The molecular weight excluding hydrogens is 322 g/mol. The number of Topliss-reactive ketones (excluding diaryl/α,β-unsaturated/α-hetero) is 1. The highest BCUT2D eigenvalue weighted by Gasteiger charge is 2.22. The van der Waals surface area contributed by atoms with E-state index in [1.165, 1.54) is 31.2 Å². The zero-order chi connectivity index (χ0) is 18.7. The Hall–Kier alpha value is -3.02. The number of aryl methyl sites for hydroxylation is 3. The normalized spacial score (nSPS) is 11.7. The molecule has 0 saturated heterocycles. The minimum atomic E-state index is -0.955. The number of non-ortho nitro benzene ring substituents is 1. The van der Waals surface area contributed by atoms with E-state index in [0.29, 0.717) is 5.56 Å². The monoisotopic (exact) mass is 341 g/mol. The van der Waals surface area contributed by atoms with Gasteiger partial charge in [0.15, 0.2) is 6.10 Å². The fourth-order valence-corrected chi connectivity index (χ4v) is 2.45. The van der Waals surface area contributed by atoms with Gasteiger partial charge < -0.3 is 4.74 Å². The van der Waals surface area contributed by atoms with Crippen LogP contribution in [-0.4, -0.2) is 22.8 Å². The molecule has 0 aromatic heterocycles. The van der Waals surface area contributed by atoms with Crippen LogP contribution in [0.25, 0.3) is 0 Å². The van der Waals surface area contributed by atoms with Gasteiger partial charge in [-0.25, -0.2) is 4.79 Å². The lowest BCUT2D eigenvalue weighted by Crippen LogP contribution is -2.25. The number of hydrogen-bond donors (Lipinski definition) is 0. The van der Waals surface area contributed by atoms with Gasteiger partial charge in [-0.05, 0) is 62.6 Å². The highest BCUT2D eigenvalue weighted by atomic mass is 16.6. The maximum Gasteiger partial charge on any atom is 0.338 e. The summed E-state index contributed by atoms with van der Waals surface area (Å²) in [6.45, 7) is 7.23. The fourth-order valence-electron chi connectivity index (χ4n) is 2.45. The summed E-state index contributed by atoms with van der Waals surface area (Å²) in [6.07, 6.45) is -0.955. The molecule has 0 aliphatic rings. The molecule has 0 saturated carbocycles. The molecule has 1 atom stereocenters. The molecule has 0 aliphatic heterocycles. The first-order valence-electron chi connectivity index (χ1n) is 7.78. The standard InChI is InChI=1S/C19H19NO5/c1-11-9-13(3)17(10-12(11)2)18(21)14(4)25-19(22)15-5-7-16(8-6-15)20(23)24/h5-10,14H,1-4H3/t14-/m1/s1.